The lowest BCUT2D eigenvalue weighted by atomic mass is 9.73. The van der Waals surface area contributed by atoms with Gasteiger partial charge in [-0.2, -0.15) is 4.98 Å². The fourth-order valence-electron chi connectivity index (χ4n) is 2.64. The number of rotatable bonds is 3. The van der Waals surface area contributed by atoms with Gasteiger partial charge in [-0.15, -0.1) is 0 Å². The predicted octanol–water partition coefficient (Wildman–Crippen LogP) is 3.21. The molecule has 2 N–H and O–H groups in total. The van der Waals surface area contributed by atoms with Gasteiger partial charge in [-0.3, -0.25) is 0 Å². The molecule has 1 aliphatic rings. The van der Waals surface area contributed by atoms with E-state index in [4.69, 9.17) is 0 Å². The molecular formula is C14H24N4. The van der Waals surface area contributed by atoms with Crippen LogP contribution < -0.4 is 10.6 Å². The van der Waals surface area contributed by atoms with Crippen molar-refractivity contribution in [2.45, 2.75) is 52.5 Å². The number of nitrogens with one attached hydrogen (secondary N) is 2. The van der Waals surface area contributed by atoms with E-state index in [0.717, 1.165) is 11.4 Å². The summed E-state index contributed by atoms with van der Waals surface area (Å²) in [5.74, 6) is 1.64. The van der Waals surface area contributed by atoms with E-state index >= 15 is 0 Å². The number of aryl methyl sites for hydroxylation is 1. The average molecular weight is 248 g/mol. The lowest BCUT2D eigenvalue weighted by Crippen LogP contribution is -2.39. The van der Waals surface area contributed by atoms with Gasteiger partial charge in [-0.05, 0) is 25.2 Å². The van der Waals surface area contributed by atoms with Gasteiger partial charge in [0, 0.05) is 24.8 Å². The number of aromatic nitrogens is 2. The van der Waals surface area contributed by atoms with Gasteiger partial charge in [0.05, 0.1) is 0 Å². The molecule has 0 amide bonds. The fraction of sp³-hybridized carbons (Fsp3) is 0.714. The molecule has 100 valence electrons. The van der Waals surface area contributed by atoms with Crippen molar-refractivity contribution in [2.24, 2.45) is 5.41 Å². The van der Waals surface area contributed by atoms with Crippen LogP contribution in [0.15, 0.2) is 6.20 Å². The Kier molecular flexibility index (Phi) is 3.73. The summed E-state index contributed by atoms with van der Waals surface area (Å²) in [4.78, 5) is 8.74. The lowest BCUT2D eigenvalue weighted by molar-refractivity contribution is 0.216. The Labute approximate surface area is 110 Å². The highest BCUT2D eigenvalue weighted by Crippen LogP contribution is 2.37. The zero-order valence-corrected chi connectivity index (χ0v) is 11.9. The number of hydrogen-bond acceptors (Lipinski definition) is 4. The second-order valence-electron chi connectivity index (χ2n) is 5.91. The van der Waals surface area contributed by atoms with Crippen molar-refractivity contribution < 1.29 is 0 Å². The summed E-state index contributed by atoms with van der Waals surface area (Å²) >= 11 is 0. The largest absolute Gasteiger partial charge is 0.366 e. The monoisotopic (exact) mass is 248 g/mol. The van der Waals surface area contributed by atoms with Gasteiger partial charge >= 0.3 is 0 Å². The van der Waals surface area contributed by atoms with E-state index in [9.17, 15) is 0 Å². The second-order valence-corrected chi connectivity index (χ2v) is 5.91. The third kappa shape index (κ3) is 2.74. The van der Waals surface area contributed by atoms with Crippen molar-refractivity contribution in [3.8, 4) is 0 Å². The van der Waals surface area contributed by atoms with E-state index in [0.29, 0.717) is 17.4 Å². The van der Waals surface area contributed by atoms with Crippen LogP contribution in [0.5, 0.6) is 0 Å². The molecule has 1 fully saturated rings. The molecule has 18 heavy (non-hydrogen) atoms. The van der Waals surface area contributed by atoms with Gasteiger partial charge in [0.25, 0.3) is 0 Å². The first-order valence-electron chi connectivity index (χ1n) is 6.81. The number of anilines is 2. The standard InChI is InChI=1S/C14H24N4/c1-10-9-16-13(15-4)18-12(10)17-11-7-5-6-8-14(11,2)3/h9,11H,5-8H2,1-4H3,(H2,15,16,17,18). The molecule has 1 aromatic heterocycles. The Bertz CT molecular complexity index is 414. The van der Waals surface area contributed by atoms with Crippen molar-refractivity contribution in [1.29, 1.82) is 0 Å². The first-order valence-corrected chi connectivity index (χ1v) is 6.81. The molecule has 0 saturated heterocycles. The molecule has 1 atom stereocenters. The molecule has 1 heterocycles. The quantitative estimate of drug-likeness (QED) is 0.862. The highest BCUT2D eigenvalue weighted by atomic mass is 15.1. The van der Waals surface area contributed by atoms with Gasteiger partial charge < -0.3 is 10.6 Å². The van der Waals surface area contributed by atoms with Crippen molar-refractivity contribution in [3.63, 3.8) is 0 Å². The minimum atomic E-state index is 0.343. The summed E-state index contributed by atoms with van der Waals surface area (Å²) in [5, 5.41) is 6.61. The van der Waals surface area contributed by atoms with Crippen LogP contribution in [0.1, 0.15) is 45.1 Å². The zero-order valence-electron chi connectivity index (χ0n) is 11.9. The maximum absolute atomic E-state index is 4.52. The highest BCUT2D eigenvalue weighted by Gasteiger charge is 2.32. The van der Waals surface area contributed by atoms with Crippen LogP contribution in [0, 0.1) is 12.3 Å². The van der Waals surface area contributed by atoms with Gasteiger partial charge in [0.1, 0.15) is 5.82 Å². The van der Waals surface area contributed by atoms with E-state index in [2.05, 4.69) is 41.4 Å². The third-order valence-corrected chi connectivity index (χ3v) is 4.01. The molecule has 0 aliphatic heterocycles. The zero-order chi connectivity index (χ0) is 13.2. The predicted molar refractivity (Wildman–Crippen MR) is 76.0 cm³/mol. The molecule has 1 aliphatic carbocycles. The first-order chi connectivity index (χ1) is 8.53. The Morgan fingerprint density at radius 3 is 2.78 bits per heavy atom. The van der Waals surface area contributed by atoms with E-state index in [1.807, 2.05) is 13.2 Å². The van der Waals surface area contributed by atoms with E-state index < -0.39 is 0 Å². The Morgan fingerprint density at radius 1 is 1.33 bits per heavy atom. The smallest absolute Gasteiger partial charge is 0.224 e. The molecule has 0 radical (unpaired) electrons. The van der Waals surface area contributed by atoms with Crippen LogP contribution in [0.2, 0.25) is 0 Å². The van der Waals surface area contributed by atoms with Crippen LogP contribution in [0.4, 0.5) is 11.8 Å². The highest BCUT2D eigenvalue weighted by molar-refractivity contribution is 5.47. The number of nitrogens with zero attached hydrogens (tertiary/aromatic N) is 2. The fourth-order valence-corrected chi connectivity index (χ4v) is 2.64. The number of hydrogen-bond donors (Lipinski definition) is 2. The van der Waals surface area contributed by atoms with Gasteiger partial charge in [-0.25, -0.2) is 4.98 Å². The maximum Gasteiger partial charge on any atom is 0.224 e. The van der Waals surface area contributed by atoms with Crippen molar-refractivity contribution in [3.05, 3.63) is 11.8 Å². The average Bonchev–Trinajstić information content (AvgIpc) is 2.34. The Morgan fingerprint density at radius 2 is 2.11 bits per heavy atom. The topological polar surface area (TPSA) is 49.8 Å². The molecule has 1 saturated carbocycles. The summed E-state index contributed by atoms with van der Waals surface area (Å²) in [7, 11) is 1.85. The summed E-state index contributed by atoms with van der Waals surface area (Å²) < 4.78 is 0. The molecule has 0 bridgehead atoms. The van der Waals surface area contributed by atoms with E-state index in [-0.39, 0.29) is 0 Å². The Hall–Kier alpha value is -1.32. The van der Waals surface area contributed by atoms with Crippen molar-refractivity contribution >= 4 is 11.8 Å². The minimum Gasteiger partial charge on any atom is -0.366 e. The first kappa shape index (κ1) is 13.1. The lowest BCUT2D eigenvalue weighted by Gasteiger charge is -2.39. The molecule has 1 aromatic rings. The van der Waals surface area contributed by atoms with Gasteiger partial charge in [-0.1, -0.05) is 26.7 Å². The van der Waals surface area contributed by atoms with Gasteiger partial charge in [0.15, 0.2) is 0 Å². The maximum atomic E-state index is 4.52. The molecule has 4 heteroatoms. The van der Waals surface area contributed by atoms with E-state index in [1.165, 1.54) is 25.7 Å². The van der Waals surface area contributed by atoms with Crippen LogP contribution >= 0.6 is 0 Å². The summed E-state index contributed by atoms with van der Waals surface area (Å²) in [6.07, 6.45) is 7.04. The van der Waals surface area contributed by atoms with Crippen LogP contribution in [-0.4, -0.2) is 23.1 Å². The minimum absolute atomic E-state index is 0.343. The normalized spacial score (nSPS) is 22.6. The molecule has 0 aromatic carbocycles. The van der Waals surface area contributed by atoms with Crippen LogP contribution in [0.25, 0.3) is 0 Å². The van der Waals surface area contributed by atoms with Gasteiger partial charge in [0.2, 0.25) is 5.95 Å². The Balaban J connectivity index is 2.17. The molecule has 0 spiro atoms. The summed E-state index contributed by atoms with van der Waals surface area (Å²) in [6, 6.07) is 0.504. The second kappa shape index (κ2) is 5.12. The molecule has 2 rings (SSSR count). The molecular weight excluding hydrogens is 224 g/mol. The third-order valence-electron chi connectivity index (χ3n) is 4.01. The summed E-state index contributed by atoms with van der Waals surface area (Å²) in [5.41, 5.74) is 1.45. The molecule has 1 unspecified atom stereocenters. The van der Waals surface area contributed by atoms with E-state index in [1.54, 1.807) is 0 Å². The van der Waals surface area contributed by atoms with Crippen LogP contribution in [-0.2, 0) is 0 Å². The van der Waals surface area contributed by atoms with Crippen molar-refractivity contribution in [1.82, 2.24) is 9.97 Å². The van der Waals surface area contributed by atoms with Crippen LogP contribution in [0.3, 0.4) is 0 Å². The summed E-state index contributed by atoms with van der Waals surface area (Å²) in [6.45, 7) is 6.75. The molecule has 4 nitrogen and oxygen atoms in total. The van der Waals surface area contributed by atoms with Crippen molar-refractivity contribution in [2.75, 3.05) is 17.7 Å². The SMILES string of the molecule is CNc1ncc(C)c(NC2CCCCC2(C)C)n1.